The summed E-state index contributed by atoms with van der Waals surface area (Å²) < 4.78 is 0. The second-order valence-corrected chi connectivity index (χ2v) is 5.73. The molecular formula is C14H24O3. The SMILES string of the molecule is OC1CCC(/C=C\C2C[C@@H](O)C[C@H](O)C2)CC1. The third-order valence-corrected chi connectivity index (χ3v) is 4.09. The molecule has 3 N–H and O–H groups in total. The molecule has 98 valence electrons. The summed E-state index contributed by atoms with van der Waals surface area (Å²) >= 11 is 0. The van der Waals surface area contributed by atoms with Crippen molar-refractivity contribution in [2.75, 3.05) is 0 Å². The summed E-state index contributed by atoms with van der Waals surface area (Å²) in [7, 11) is 0. The van der Waals surface area contributed by atoms with E-state index in [2.05, 4.69) is 12.2 Å². The molecule has 2 saturated carbocycles. The molecule has 0 spiro atoms. The second kappa shape index (κ2) is 5.98. The average molecular weight is 240 g/mol. The fraction of sp³-hybridized carbons (Fsp3) is 0.857. The van der Waals surface area contributed by atoms with Gasteiger partial charge in [0.1, 0.15) is 0 Å². The van der Waals surface area contributed by atoms with Gasteiger partial charge >= 0.3 is 0 Å². The van der Waals surface area contributed by atoms with Gasteiger partial charge < -0.3 is 15.3 Å². The van der Waals surface area contributed by atoms with Crippen LogP contribution >= 0.6 is 0 Å². The molecule has 17 heavy (non-hydrogen) atoms. The molecule has 2 rings (SSSR count). The Morgan fingerprint density at radius 1 is 0.588 bits per heavy atom. The Kier molecular flexibility index (Phi) is 4.60. The molecule has 0 saturated heterocycles. The standard InChI is InChI=1S/C14H24O3/c15-12-5-3-10(4-6-12)1-2-11-7-13(16)9-14(17)8-11/h1-2,10-17H,3-9H2/b2-1-/t10?,12?,13-,14-/m1/s1. The maximum absolute atomic E-state index is 9.59. The quantitative estimate of drug-likeness (QED) is 0.643. The molecule has 2 atom stereocenters. The van der Waals surface area contributed by atoms with Gasteiger partial charge in [-0.2, -0.15) is 0 Å². The van der Waals surface area contributed by atoms with Gasteiger partial charge in [0.05, 0.1) is 18.3 Å². The van der Waals surface area contributed by atoms with E-state index in [-0.39, 0.29) is 18.3 Å². The van der Waals surface area contributed by atoms with E-state index in [0.717, 1.165) is 38.5 Å². The number of aliphatic hydroxyl groups excluding tert-OH is 3. The molecule has 0 aliphatic heterocycles. The summed E-state index contributed by atoms with van der Waals surface area (Å²) in [6, 6.07) is 0. The van der Waals surface area contributed by atoms with Crippen LogP contribution in [0.15, 0.2) is 12.2 Å². The number of hydrogen-bond acceptors (Lipinski definition) is 3. The Labute approximate surface area is 103 Å². The van der Waals surface area contributed by atoms with E-state index < -0.39 is 0 Å². The van der Waals surface area contributed by atoms with Crippen LogP contribution in [0.2, 0.25) is 0 Å². The van der Waals surface area contributed by atoms with Crippen molar-refractivity contribution in [2.24, 2.45) is 11.8 Å². The molecule has 3 nitrogen and oxygen atoms in total. The molecule has 0 amide bonds. The lowest BCUT2D eigenvalue weighted by Gasteiger charge is -2.28. The molecule has 0 aromatic carbocycles. The maximum Gasteiger partial charge on any atom is 0.0570 e. The molecular weight excluding hydrogens is 216 g/mol. The van der Waals surface area contributed by atoms with E-state index in [1.54, 1.807) is 0 Å². The first-order valence-electron chi connectivity index (χ1n) is 6.86. The Hall–Kier alpha value is -0.380. The molecule has 0 aromatic rings. The van der Waals surface area contributed by atoms with Gasteiger partial charge in [0.2, 0.25) is 0 Å². The van der Waals surface area contributed by atoms with Crippen LogP contribution in [-0.4, -0.2) is 33.6 Å². The third kappa shape index (κ3) is 4.09. The predicted octanol–water partition coefficient (Wildman–Crippen LogP) is 1.62. The predicted molar refractivity (Wildman–Crippen MR) is 66.5 cm³/mol. The van der Waals surface area contributed by atoms with Crippen molar-refractivity contribution >= 4 is 0 Å². The van der Waals surface area contributed by atoms with Crippen molar-refractivity contribution in [3.63, 3.8) is 0 Å². The van der Waals surface area contributed by atoms with Gasteiger partial charge in [0.15, 0.2) is 0 Å². The Morgan fingerprint density at radius 2 is 1.12 bits per heavy atom. The monoisotopic (exact) mass is 240 g/mol. The molecule has 0 bridgehead atoms. The summed E-state index contributed by atoms with van der Waals surface area (Å²) in [6.07, 6.45) is 9.66. The van der Waals surface area contributed by atoms with Crippen molar-refractivity contribution in [3.05, 3.63) is 12.2 Å². The minimum absolute atomic E-state index is 0.0991. The number of allylic oxidation sites excluding steroid dienone is 2. The first-order valence-corrected chi connectivity index (χ1v) is 6.86. The number of rotatable bonds is 2. The van der Waals surface area contributed by atoms with Crippen molar-refractivity contribution in [1.29, 1.82) is 0 Å². The molecule has 2 fully saturated rings. The van der Waals surface area contributed by atoms with Crippen LogP contribution in [0.25, 0.3) is 0 Å². The first kappa shape index (κ1) is 13.1. The first-order chi connectivity index (χ1) is 8.13. The van der Waals surface area contributed by atoms with Gasteiger partial charge in [-0.3, -0.25) is 0 Å². The van der Waals surface area contributed by atoms with Crippen LogP contribution in [-0.2, 0) is 0 Å². The van der Waals surface area contributed by atoms with E-state index in [1.165, 1.54) is 0 Å². The Balaban J connectivity index is 1.79. The fourth-order valence-corrected chi connectivity index (χ4v) is 3.07. The third-order valence-electron chi connectivity index (χ3n) is 4.09. The van der Waals surface area contributed by atoms with Crippen LogP contribution in [0.1, 0.15) is 44.9 Å². The molecule has 0 unspecified atom stereocenters. The van der Waals surface area contributed by atoms with Crippen molar-refractivity contribution in [3.8, 4) is 0 Å². The molecule has 2 aliphatic carbocycles. The smallest absolute Gasteiger partial charge is 0.0570 e. The lowest BCUT2D eigenvalue weighted by atomic mass is 9.82. The highest BCUT2D eigenvalue weighted by Gasteiger charge is 2.25. The molecule has 2 aliphatic rings. The zero-order chi connectivity index (χ0) is 12.3. The van der Waals surface area contributed by atoms with E-state index in [4.69, 9.17) is 0 Å². The highest BCUT2D eigenvalue weighted by molar-refractivity contribution is 4.97. The van der Waals surface area contributed by atoms with Gasteiger partial charge in [-0.1, -0.05) is 12.2 Å². The van der Waals surface area contributed by atoms with Gasteiger partial charge in [-0.15, -0.1) is 0 Å². The second-order valence-electron chi connectivity index (χ2n) is 5.73. The van der Waals surface area contributed by atoms with E-state index in [9.17, 15) is 15.3 Å². The van der Waals surface area contributed by atoms with Gasteiger partial charge in [-0.05, 0) is 56.8 Å². The maximum atomic E-state index is 9.59. The van der Waals surface area contributed by atoms with Gasteiger partial charge in [0.25, 0.3) is 0 Å². The highest BCUT2D eigenvalue weighted by Crippen LogP contribution is 2.29. The van der Waals surface area contributed by atoms with Crippen molar-refractivity contribution in [2.45, 2.75) is 63.3 Å². The zero-order valence-corrected chi connectivity index (χ0v) is 10.3. The van der Waals surface area contributed by atoms with Crippen LogP contribution < -0.4 is 0 Å². The van der Waals surface area contributed by atoms with Crippen LogP contribution in [0.3, 0.4) is 0 Å². The van der Waals surface area contributed by atoms with Crippen LogP contribution in [0.4, 0.5) is 0 Å². The van der Waals surface area contributed by atoms with E-state index in [1.807, 2.05) is 0 Å². The number of aliphatic hydroxyl groups is 3. The van der Waals surface area contributed by atoms with Crippen LogP contribution in [0, 0.1) is 11.8 Å². The van der Waals surface area contributed by atoms with E-state index in [0.29, 0.717) is 18.3 Å². The minimum atomic E-state index is -0.346. The fourth-order valence-electron chi connectivity index (χ4n) is 3.07. The highest BCUT2D eigenvalue weighted by atomic mass is 16.3. The Bertz CT molecular complexity index is 246. The van der Waals surface area contributed by atoms with Crippen LogP contribution in [0.5, 0.6) is 0 Å². The summed E-state index contributed by atoms with van der Waals surface area (Å²) in [4.78, 5) is 0. The van der Waals surface area contributed by atoms with Gasteiger partial charge in [0, 0.05) is 0 Å². The minimum Gasteiger partial charge on any atom is -0.393 e. The lowest BCUT2D eigenvalue weighted by molar-refractivity contribution is 0.0243. The Morgan fingerprint density at radius 3 is 1.71 bits per heavy atom. The summed E-state index contributed by atoms with van der Waals surface area (Å²) in [5, 5.41) is 28.6. The zero-order valence-electron chi connectivity index (χ0n) is 10.3. The van der Waals surface area contributed by atoms with Crippen molar-refractivity contribution < 1.29 is 15.3 Å². The molecule has 0 radical (unpaired) electrons. The normalized spacial score (nSPS) is 44.1. The summed E-state index contributed by atoms with van der Waals surface area (Å²) in [6.45, 7) is 0. The van der Waals surface area contributed by atoms with E-state index >= 15 is 0 Å². The van der Waals surface area contributed by atoms with Crippen molar-refractivity contribution in [1.82, 2.24) is 0 Å². The summed E-state index contributed by atoms with van der Waals surface area (Å²) in [5.41, 5.74) is 0. The molecule has 0 heterocycles. The topological polar surface area (TPSA) is 60.7 Å². The largest absolute Gasteiger partial charge is 0.393 e. The lowest BCUT2D eigenvalue weighted by Crippen LogP contribution is -2.28. The number of hydrogen-bond donors (Lipinski definition) is 3. The molecule has 3 heteroatoms. The molecule has 0 aromatic heterocycles. The summed E-state index contributed by atoms with van der Waals surface area (Å²) in [5.74, 6) is 0.898. The van der Waals surface area contributed by atoms with Gasteiger partial charge in [-0.25, -0.2) is 0 Å². The average Bonchev–Trinajstić information content (AvgIpc) is 2.27.